The fraction of sp³-hybridized carbons (Fsp3) is 0.556. The Bertz CT molecular complexity index is 894. The highest BCUT2D eigenvalue weighted by Gasteiger charge is 2.15. The predicted molar refractivity (Wildman–Crippen MR) is 130 cm³/mol. The summed E-state index contributed by atoms with van der Waals surface area (Å²) in [6, 6.07) is 3.46. The average molecular weight is 555 g/mol. The highest BCUT2D eigenvalue weighted by Crippen LogP contribution is 2.15. The molecule has 0 saturated carbocycles. The van der Waals surface area contributed by atoms with Gasteiger partial charge in [-0.2, -0.15) is 5.10 Å². The highest BCUT2D eigenvalue weighted by atomic mass is 127. The zero-order chi connectivity index (χ0) is 20.7. The number of hydrogen-bond donors (Lipinski definition) is 3. The van der Waals surface area contributed by atoms with Gasteiger partial charge in [0.15, 0.2) is 5.96 Å². The van der Waals surface area contributed by atoms with Crippen molar-refractivity contribution in [3.63, 3.8) is 0 Å². The van der Waals surface area contributed by atoms with Gasteiger partial charge in [0.2, 0.25) is 10.0 Å². The number of nitrogens with zero attached hydrogens (tertiary/aromatic N) is 3. The number of aryl methyl sites for hydroxylation is 2. The Morgan fingerprint density at radius 1 is 1.38 bits per heavy atom. The van der Waals surface area contributed by atoms with Crippen LogP contribution in [0.4, 0.5) is 0 Å². The van der Waals surface area contributed by atoms with Crippen LogP contribution in [0.2, 0.25) is 0 Å². The second kappa shape index (κ2) is 11.9. The lowest BCUT2D eigenvalue weighted by Crippen LogP contribution is -2.43. The number of halogens is 1. The monoisotopic (exact) mass is 554 g/mol. The first-order valence-electron chi connectivity index (χ1n) is 9.31. The van der Waals surface area contributed by atoms with Crippen LogP contribution in [0.15, 0.2) is 26.7 Å². The molecule has 0 aromatic carbocycles. The lowest BCUT2D eigenvalue weighted by atomic mass is 10.1. The molecule has 0 radical (unpaired) electrons. The molecular formula is C18H31IN6O2S2. The van der Waals surface area contributed by atoms with Crippen molar-refractivity contribution >= 4 is 51.3 Å². The lowest BCUT2D eigenvalue weighted by molar-refractivity contribution is 0.584. The fourth-order valence-electron chi connectivity index (χ4n) is 2.86. The number of aliphatic imine (C=N–C) groups is 1. The summed E-state index contributed by atoms with van der Waals surface area (Å²) in [7, 11) is -1.50. The molecule has 0 aliphatic rings. The van der Waals surface area contributed by atoms with Crippen LogP contribution in [0.5, 0.6) is 0 Å². The van der Waals surface area contributed by atoms with Gasteiger partial charge in [0.25, 0.3) is 0 Å². The summed E-state index contributed by atoms with van der Waals surface area (Å²) in [6.07, 6.45) is 0.834. The number of aromatic nitrogens is 2. The van der Waals surface area contributed by atoms with Crippen molar-refractivity contribution in [2.75, 3.05) is 19.6 Å². The van der Waals surface area contributed by atoms with Gasteiger partial charge >= 0.3 is 0 Å². The van der Waals surface area contributed by atoms with Crippen LogP contribution in [0.25, 0.3) is 0 Å². The minimum atomic E-state index is -3.45. The Labute approximate surface area is 194 Å². The van der Waals surface area contributed by atoms with Crippen molar-refractivity contribution in [2.45, 2.75) is 44.4 Å². The van der Waals surface area contributed by atoms with Crippen molar-refractivity contribution in [3.8, 4) is 0 Å². The Balaban J connectivity index is 0.00000420. The fourth-order valence-corrected chi connectivity index (χ4v) is 4.92. The molecule has 2 aromatic heterocycles. The minimum Gasteiger partial charge on any atom is -0.357 e. The maximum atomic E-state index is 12.1. The SMILES string of the molecule is CCNC(=NCCNS(=O)(=O)c1cccs1)NC(C)Cc1c(C)nn(C)c1C.I. The molecule has 8 nitrogen and oxygen atoms in total. The van der Waals surface area contributed by atoms with Gasteiger partial charge in [-0.15, -0.1) is 35.3 Å². The molecule has 0 amide bonds. The standard InChI is InChI=1S/C18H30N6O2S2.HI/c1-6-19-18(20-9-10-21-28(25,26)17-8-7-11-27-17)22-13(2)12-16-14(3)23-24(5)15(16)4;/h7-8,11,13,21H,6,9-10,12H2,1-5H3,(H2,19,20,22);1H. The van der Waals surface area contributed by atoms with E-state index in [0.717, 1.165) is 24.4 Å². The van der Waals surface area contributed by atoms with Gasteiger partial charge in [-0.1, -0.05) is 6.07 Å². The summed E-state index contributed by atoms with van der Waals surface area (Å²) >= 11 is 1.20. The second-order valence-electron chi connectivity index (χ2n) is 6.61. The van der Waals surface area contributed by atoms with Crippen molar-refractivity contribution in [1.82, 2.24) is 25.1 Å². The molecule has 11 heteroatoms. The topological polar surface area (TPSA) is 100 Å². The lowest BCUT2D eigenvalue weighted by Gasteiger charge is -2.18. The smallest absolute Gasteiger partial charge is 0.250 e. The van der Waals surface area contributed by atoms with Gasteiger partial charge in [0, 0.05) is 31.9 Å². The molecule has 0 saturated heterocycles. The van der Waals surface area contributed by atoms with Crippen LogP contribution in [0.3, 0.4) is 0 Å². The van der Waals surface area contributed by atoms with Gasteiger partial charge in [-0.05, 0) is 51.1 Å². The summed E-state index contributed by atoms with van der Waals surface area (Å²) in [4.78, 5) is 4.48. The van der Waals surface area contributed by atoms with Gasteiger partial charge in [-0.25, -0.2) is 13.1 Å². The summed E-state index contributed by atoms with van der Waals surface area (Å²) in [6.45, 7) is 9.50. The third kappa shape index (κ3) is 7.54. The Kier molecular flexibility index (Phi) is 10.6. The maximum absolute atomic E-state index is 12.1. The molecule has 1 atom stereocenters. The van der Waals surface area contributed by atoms with Crippen LogP contribution in [0, 0.1) is 13.8 Å². The van der Waals surface area contributed by atoms with Crippen LogP contribution in [-0.2, 0) is 23.5 Å². The number of hydrogen-bond acceptors (Lipinski definition) is 5. The minimum absolute atomic E-state index is 0. The molecule has 164 valence electrons. The average Bonchev–Trinajstić information content (AvgIpc) is 3.25. The molecule has 0 spiro atoms. The summed E-state index contributed by atoms with van der Waals surface area (Å²) in [5.74, 6) is 0.671. The summed E-state index contributed by atoms with van der Waals surface area (Å²) in [5, 5.41) is 12.8. The molecule has 3 N–H and O–H groups in total. The number of nitrogens with one attached hydrogen (secondary N) is 3. The number of thiophene rings is 1. The second-order valence-corrected chi connectivity index (χ2v) is 9.55. The third-order valence-electron chi connectivity index (χ3n) is 4.33. The Morgan fingerprint density at radius 2 is 2.10 bits per heavy atom. The van der Waals surface area contributed by atoms with Gasteiger partial charge in [0.05, 0.1) is 12.2 Å². The number of sulfonamides is 1. The van der Waals surface area contributed by atoms with Crippen molar-refractivity contribution < 1.29 is 8.42 Å². The number of guanidine groups is 1. The van der Waals surface area contributed by atoms with Crippen LogP contribution in [0.1, 0.15) is 30.8 Å². The normalized spacial score (nSPS) is 13.1. The molecule has 2 aromatic rings. The maximum Gasteiger partial charge on any atom is 0.250 e. The molecule has 2 heterocycles. The first-order valence-corrected chi connectivity index (χ1v) is 11.7. The first-order chi connectivity index (χ1) is 13.2. The zero-order valence-corrected chi connectivity index (χ0v) is 21.5. The first kappa shape index (κ1) is 25.9. The predicted octanol–water partition coefficient (Wildman–Crippen LogP) is 2.18. The third-order valence-corrected chi connectivity index (χ3v) is 7.19. The van der Waals surface area contributed by atoms with E-state index < -0.39 is 10.0 Å². The largest absolute Gasteiger partial charge is 0.357 e. The van der Waals surface area contributed by atoms with E-state index in [1.54, 1.807) is 17.5 Å². The summed E-state index contributed by atoms with van der Waals surface area (Å²) < 4.78 is 29.0. The highest BCUT2D eigenvalue weighted by molar-refractivity contribution is 14.0. The van der Waals surface area contributed by atoms with Crippen LogP contribution < -0.4 is 15.4 Å². The number of rotatable bonds is 9. The van der Waals surface area contributed by atoms with E-state index >= 15 is 0 Å². The van der Waals surface area contributed by atoms with E-state index in [0.29, 0.717) is 16.7 Å². The van der Waals surface area contributed by atoms with Crippen molar-refractivity contribution in [3.05, 3.63) is 34.5 Å². The van der Waals surface area contributed by atoms with E-state index in [4.69, 9.17) is 0 Å². The molecule has 0 bridgehead atoms. The van der Waals surface area contributed by atoms with E-state index in [-0.39, 0.29) is 36.6 Å². The molecule has 2 rings (SSSR count). The molecule has 0 aliphatic carbocycles. The van der Waals surface area contributed by atoms with E-state index in [1.807, 2.05) is 25.6 Å². The van der Waals surface area contributed by atoms with Crippen LogP contribution >= 0.6 is 35.3 Å². The van der Waals surface area contributed by atoms with Gasteiger partial charge in [-0.3, -0.25) is 9.67 Å². The molecule has 1 unspecified atom stereocenters. The Hall–Kier alpha value is -1.18. The van der Waals surface area contributed by atoms with Crippen molar-refractivity contribution in [1.29, 1.82) is 0 Å². The van der Waals surface area contributed by atoms with Crippen molar-refractivity contribution in [2.24, 2.45) is 12.0 Å². The van der Waals surface area contributed by atoms with E-state index in [1.165, 1.54) is 16.9 Å². The van der Waals surface area contributed by atoms with Gasteiger partial charge < -0.3 is 10.6 Å². The Morgan fingerprint density at radius 3 is 2.66 bits per heavy atom. The van der Waals surface area contributed by atoms with Gasteiger partial charge in [0.1, 0.15) is 4.21 Å². The van der Waals surface area contributed by atoms with Crippen LogP contribution in [-0.4, -0.2) is 49.8 Å². The van der Waals surface area contributed by atoms with E-state index in [9.17, 15) is 8.42 Å². The zero-order valence-electron chi connectivity index (χ0n) is 17.5. The molecule has 0 fully saturated rings. The molecule has 29 heavy (non-hydrogen) atoms. The molecule has 0 aliphatic heterocycles. The quantitative estimate of drug-likeness (QED) is 0.191. The van der Waals surface area contributed by atoms with E-state index in [2.05, 4.69) is 39.3 Å². The molecular weight excluding hydrogens is 523 g/mol. The summed E-state index contributed by atoms with van der Waals surface area (Å²) in [5.41, 5.74) is 3.44.